The lowest BCUT2D eigenvalue weighted by atomic mass is 10.2. The molecule has 1 rings (SSSR count). The number of nitrogens with zero attached hydrogens (tertiary/aromatic N) is 1. The van der Waals surface area contributed by atoms with Gasteiger partial charge in [0.2, 0.25) is 0 Å². The molecule has 19 heavy (non-hydrogen) atoms. The van der Waals surface area contributed by atoms with Crippen molar-refractivity contribution in [3.05, 3.63) is 33.9 Å². The lowest BCUT2D eigenvalue weighted by Gasteiger charge is -2.12. The van der Waals surface area contributed by atoms with Gasteiger partial charge in [0.25, 0.3) is 5.69 Å². The molecule has 0 saturated carbocycles. The third kappa shape index (κ3) is 5.35. The fourth-order valence-corrected chi connectivity index (χ4v) is 2.49. The van der Waals surface area contributed by atoms with Crippen LogP contribution < -0.4 is 10.1 Å². The minimum atomic E-state index is -0.867. The minimum absolute atomic E-state index is 0.00266. The highest BCUT2D eigenvalue weighted by Crippen LogP contribution is 2.22. The van der Waals surface area contributed by atoms with Crippen molar-refractivity contribution in [2.24, 2.45) is 0 Å². The van der Waals surface area contributed by atoms with Crippen LogP contribution in [0.15, 0.2) is 18.2 Å². The van der Waals surface area contributed by atoms with E-state index in [-0.39, 0.29) is 11.7 Å². The van der Waals surface area contributed by atoms with E-state index in [4.69, 9.17) is 4.74 Å². The molecule has 0 saturated heterocycles. The van der Waals surface area contributed by atoms with E-state index in [2.05, 4.69) is 5.32 Å². The van der Waals surface area contributed by atoms with Crippen LogP contribution in [0.1, 0.15) is 12.5 Å². The molecule has 7 heteroatoms. The van der Waals surface area contributed by atoms with Crippen LogP contribution in [0.5, 0.6) is 5.75 Å². The van der Waals surface area contributed by atoms with Crippen LogP contribution in [0.25, 0.3) is 0 Å². The van der Waals surface area contributed by atoms with Gasteiger partial charge in [-0.05, 0) is 18.6 Å². The van der Waals surface area contributed by atoms with Crippen molar-refractivity contribution in [1.29, 1.82) is 0 Å². The Morgan fingerprint density at radius 3 is 2.68 bits per heavy atom. The van der Waals surface area contributed by atoms with Gasteiger partial charge in [0.15, 0.2) is 0 Å². The molecule has 0 aromatic heterocycles. The molecule has 0 fully saturated rings. The molecular formula is C12H18N2O4S. The summed E-state index contributed by atoms with van der Waals surface area (Å²) in [5.41, 5.74) is 0.766. The van der Waals surface area contributed by atoms with Crippen LogP contribution >= 0.6 is 0 Å². The van der Waals surface area contributed by atoms with Gasteiger partial charge in [-0.3, -0.25) is 14.3 Å². The van der Waals surface area contributed by atoms with Crippen molar-refractivity contribution < 1.29 is 13.9 Å². The monoisotopic (exact) mass is 286 g/mol. The van der Waals surface area contributed by atoms with E-state index in [0.717, 1.165) is 5.56 Å². The zero-order valence-electron chi connectivity index (χ0n) is 11.2. The summed E-state index contributed by atoms with van der Waals surface area (Å²) in [4.78, 5) is 10.3. The highest BCUT2D eigenvalue weighted by Gasteiger charge is 2.11. The topological polar surface area (TPSA) is 81.5 Å². The number of hydrogen-bond acceptors (Lipinski definition) is 5. The Labute approximate surface area is 114 Å². The fraction of sp³-hybridized carbons (Fsp3) is 0.500. The molecule has 0 spiro atoms. The molecule has 2 unspecified atom stereocenters. The maximum Gasteiger partial charge on any atom is 0.273 e. The van der Waals surface area contributed by atoms with Gasteiger partial charge in [-0.15, -0.1) is 0 Å². The molecule has 0 aliphatic rings. The van der Waals surface area contributed by atoms with Gasteiger partial charge in [0.1, 0.15) is 5.75 Å². The third-order valence-electron chi connectivity index (χ3n) is 2.54. The number of rotatable bonds is 7. The van der Waals surface area contributed by atoms with E-state index in [1.807, 2.05) is 6.92 Å². The van der Waals surface area contributed by atoms with E-state index >= 15 is 0 Å². The fourth-order valence-electron chi connectivity index (χ4n) is 1.67. The average Bonchev–Trinajstić information content (AvgIpc) is 2.35. The van der Waals surface area contributed by atoms with Gasteiger partial charge in [-0.1, -0.05) is 0 Å². The zero-order chi connectivity index (χ0) is 14.4. The van der Waals surface area contributed by atoms with Crippen molar-refractivity contribution in [2.75, 3.05) is 19.1 Å². The molecule has 6 nitrogen and oxygen atoms in total. The first-order valence-corrected chi connectivity index (χ1v) is 7.51. The Bertz CT molecular complexity index is 479. The number of nitro benzene ring substituents is 1. The van der Waals surface area contributed by atoms with Gasteiger partial charge in [0, 0.05) is 41.5 Å². The molecule has 0 radical (unpaired) electrons. The van der Waals surface area contributed by atoms with E-state index in [1.165, 1.54) is 19.2 Å². The summed E-state index contributed by atoms with van der Waals surface area (Å²) in [5.74, 6) is 1.00. The van der Waals surface area contributed by atoms with E-state index < -0.39 is 15.7 Å². The number of hydrogen-bond donors (Lipinski definition) is 1. The molecule has 0 aliphatic carbocycles. The van der Waals surface area contributed by atoms with Crippen LogP contribution in [0, 0.1) is 10.1 Å². The summed E-state index contributed by atoms with van der Waals surface area (Å²) in [6, 6.07) is 4.71. The summed E-state index contributed by atoms with van der Waals surface area (Å²) in [6.07, 6.45) is 1.65. The SMILES string of the molecule is COc1cc(CNC(C)CS(C)=O)cc([N+](=O)[O-])c1. The number of ether oxygens (including phenoxy) is 1. The van der Waals surface area contributed by atoms with Gasteiger partial charge in [-0.2, -0.15) is 0 Å². The van der Waals surface area contributed by atoms with Gasteiger partial charge >= 0.3 is 0 Å². The second-order valence-electron chi connectivity index (χ2n) is 4.32. The second-order valence-corrected chi connectivity index (χ2v) is 5.80. The van der Waals surface area contributed by atoms with Crippen molar-refractivity contribution in [3.63, 3.8) is 0 Å². The molecule has 0 heterocycles. The van der Waals surface area contributed by atoms with Gasteiger partial charge in [0.05, 0.1) is 18.1 Å². The molecule has 1 aromatic carbocycles. The summed E-state index contributed by atoms with van der Waals surface area (Å²) in [6.45, 7) is 2.40. The zero-order valence-corrected chi connectivity index (χ0v) is 12.0. The Morgan fingerprint density at radius 1 is 1.47 bits per heavy atom. The van der Waals surface area contributed by atoms with Crippen LogP contribution in [0.4, 0.5) is 5.69 Å². The Kier molecular flexibility index (Phi) is 5.91. The number of non-ortho nitro benzene ring substituents is 1. The smallest absolute Gasteiger partial charge is 0.273 e. The van der Waals surface area contributed by atoms with E-state index in [0.29, 0.717) is 18.0 Å². The molecule has 0 amide bonds. The third-order valence-corrected chi connectivity index (χ3v) is 3.51. The summed E-state index contributed by atoms with van der Waals surface area (Å²) >= 11 is 0. The first kappa shape index (κ1) is 15.6. The molecule has 0 bridgehead atoms. The van der Waals surface area contributed by atoms with Crippen LogP contribution in [0.3, 0.4) is 0 Å². The van der Waals surface area contributed by atoms with Gasteiger partial charge < -0.3 is 10.1 Å². The first-order chi connectivity index (χ1) is 8.92. The van der Waals surface area contributed by atoms with Crippen LogP contribution in [-0.4, -0.2) is 34.3 Å². The number of benzene rings is 1. The maximum absolute atomic E-state index is 11.1. The first-order valence-electron chi connectivity index (χ1n) is 5.78. The van der Waals surface area contributed by atoms with E-state index in [1.54, 1.807) is 12.3 Å². The molecular weight excluding hydrogens is 268 g/mol. The van der Waals surface area contributed by atoms with Crippen molar-refractivity contribution in [1.82, 2.24) is 5.32 Å². The highest BCUT2D eigenvalue weighted by atomic mass is 32.2. The maximum atomic E-state index is 11.1. The number of methoxy groups -OCH3 is 1. The Morgan fingerprint density at radius 2 is 2.16 bits per heavy atom. The molecule has 2 atom stereocenters. The van der Waals surface area contributed by atoms with E-state index in [9.17, 15) is 14.3 Å². The van der Waals surface area contributed by atoms with Crippen molar-refractivity contribution >= 4 is 16.5 Å². The standard InChI is InChI=1S/C12H18N2O4S/c1-9(8-19(3)17)13-7-10-4-11(14(15)16)6-12(5-10)18-2/h4-6,9,13H,7-8H2,1-3H3. The quantitative estimate of drug-likeness (QED) is 0.606. The van der Waals surface area contributed by atoms with Crippen LogP contribution in [-0.2, 0) is 17.3 Å². The normalized spacial score (nSPS) is 13.8. The lowest BCUT2D eigenvalue weighted by molar-refractivity contribution is -0.385. The second kappa shape index (κ2) is 7.20. The van der Waals surface area contributed by atoms with Crippen molar-refractivity contribution in [2.45, 2.75) is 19.5 Å². The van der Waals surface area contributed by atoms with Crippen molar-refractivity contribution in [3.8, 4) is 5.75 Å². The largest absolute Gasteiger partial charge is 0.496 e. The number of nitro groups is 1. The summed E-state index contributed by atoms with van der Waals surface area (Å²) in [5, 5.41) is 14.0. The lowest BCUT2D eigenvalue weighted by Crippen LogP contribution is -2.30. The molecule has 0 aliphatic heterocycles. The summed E-state index contributed by atoms with van der Waals surface area (Å²) in [7, 11) is 0.605. The Hall–Kier alpha value is -1.47. The predicted octanol–water partition coefficient (Wildman–Crippen LogP) is 1.46. The highest BCUT2D eigenvalue weighted by molar-refractivity contribution is 7.84. The predicted molar refractivity (Wildman–Crippen MR) is 74.9 cm³/mol. The average molecular weight is 286 g/mol. The minimum Gasteiger partial charge on any atom is -0.496 e. The molecule has 106 valence electrons. The van der Waals surface area contributed by atoms with Crippen LogP contribution in [0.2, 0.25) is 0 Å². The molecule has 1 N–H and O–H groups in total. The summed E-state index contributed by atoms with van der Waals surface area (Å²) < 4.78 is 16.1. The number of nitrogens with one attached hydrogen (secondary N) is 1. The molecule has 1 aromatic rings. The Balaban J connectivity index is 2.74. The van der Waals surface area contributed by atoms with Gasteiger partial charge in [-0.25, -0.2) is 0 Å².